The highest BCUT2D eigenvalue weighted by molar-refractivity contribution is 5.88. The number of hydrogen-bond donors (Lipinski definition) is 0. The van der Waals surface area contributed by atoms with Gasteiger partial charge in [-0.25, -0.2) is 14.6 Å². The number of pyridine rings is 3. The molecule has 0 aliphatic carbocycles. The lowest BCUT2D eigenvalue weighted by Gasteiger charge is -2.34. The smallest absolute Gasteiger partial charge is 0.206 e. The zero-order valence-electron chi connectivity index (χ0n) is 23.5. The van der Waals surface area contributed by atoms with E-state index in [1.165, 1.54) is 0 Å². The highest BCUT2D eigenvalue weighted by Gasteiger charge is 2.24. The molecule has 1 aliphatic heterocycles. The van der Waals surface area contributed by atoms with E-state index in [9.17, 15) is 0 Å². The topological polar surface area (TPSA) is 90.0 Å². The van der Waals surface area contributed by atoms with Crippen LogP contribution < -0.4 is 9.64 Å². The lowest BCUT2D eigenvalue weighted by molar-refractivity contribution is 0.269. The molecule has 10 nitrogen and oxygen atoms in total. The van der Waals surface area contributed by atoms with Gasteiger partial charge in [0.1, 0.15) is 11.3 Å². The number of methoxy groups -OCH3 is 1. The molecule has 0 amide bonds. The van der Waals surface area contributed by atoms with Crippen LogP contribution in [0, 0.1) is 6.92 Å². The number of imidazole rings is 1. The molecule has 0 N–H and O–H groups in total. The number of fused-ring (bicyclic) bond motifs is 2. The third-order valence-corrected chi connectivity index (χ3v) is 7.76. The van der Waals surface area contributed by atoms with Gasteiger partial charge in [0.15, 0.2) is 5.82 Å². The second-order valence-electron chi connectivity index (χ2n) is 10.4. The minimum Gasteiger partial charge on any atom is -0.496 e. The highest BCUT2D eigenvalue weighted by Crippen LogP contribution is 2.33. The molecule has 1 aliphatic rings. The van der Waals surface area contributed by atoms with Crippen LogP contribution in [0.5, 0.6) is 5.75 Å². The highest BCUT2D eigenvalue weighted by atomic mass is 16.5. The van der Waals surface area contributed by atoms with Gasteiger partial charge in [-0.1, -0.05) is 20.8 Å². The molecule has 0 aromatic carbocycles. The van der Waals surface area contributed by atoms with E-state index in [-0.39, 0.29) is 5.92 Å². The van der Waals surface area contributed by atoms with Gasteiger partial charge in [0, 0.05) is 62.8 Å². The number of piperazine rings is 1. The Labute approximate surface area is 228 Å². The summed E-state index contributed by atoms with van der Waals surface area (Å²) in [4.78, 5) is 24.3. The van der Waals surface area contributed by atoms with E-state index in [2.05, 4.69) is 53.2 Å². The van der Waals surface area contributed by atoms with Gasteiger partial charge in [-0.3, -0.25) is 9.97 Å². The summed E-state index contributed by atoms with van der Waals surface area (Å²) in [7, 11) is 3.76. The quantitative estimate of drug-likeness (QED) is 0.323. The van der Waals surface area contributed by atoms with Gasteiger partial charge in [0.05, 0.1) is 41.3 Å². The minimum absolute atomic E-state index is 0.201. The van der Waals surface area contributed by atoms with Gasteiger partial charge in [-0.2, -0.15) is 5.10 Å². The lowest BCUT2D eigenvalue weighted by Crippen LogP contribution is -2.47. The van der Waals surface area contributed by atoms with Crippen molar-refractivity contribution < 1.29 is 4.74 Å². The van der Waals surface area contributed by atoms with E-state index in [1.807, 2.05) is 29.9 Å². The fraction of sp³-hybridized carbons (Fsp3) is 0.414. The monoisotopic (exact) mass is 525 g/mol. The van der Waals surface area contributed by atoms with E-state index in [0.29, 0.717) is 0 Å². The molecule has 0 unspecified atom stereocenters. The van der Waals surface area contributed by atoms with Gasteiger partial charge in [0.2, 0.25) is 5.95 Å². The van der Waals surface area contributed by atoms with Crippen LogP contribution in [0.25, 0.3) is 39.0 Å². The SMILES string of the molecule is CCN1CCN(c2nc3c(C(C)C)nc(-n4ncc5c(C)nc(-c6cnccc6OC)cc54)cc3n2C)CC1. The normalized spacial score (nSPS) is 14.7. The van der Waals surface area contributed by atoms with Crippen LogP contribution >= 0.6 is 0 Å². The van der Waals surface area contributed by atoms with E-state index in [1.54, 1.807) is 19.5 Å². The number of anilines is 1. The van der Waals surface area contributed by atoms with Gasteiger partial charge in [0.25, 0.3) is 0 Å². The van der Waals surface area contributed by atoms with Crippen LogP contribution in [0.1, 0.15) is 38.1 Å². The third-order valence-electron chi connectivity index (χ3n) is 7.76. The second-order valence-corrected chi connectivity index (χ2v) is 10.4. The number of ether oxygens (including phenoxy) is 1. The van der Waals surface area contributed by atoms with Crippen molar-refractivity contribution >= 4 is 27.9 Å². The molecule has 1 saturated heterocycles. The Morgan fingerprint density at radius 3 is 2.51 bits per heavy atom. The van der Waals surface area contributed by atoms with Crippen LogP contribution in [0.4, 0.5) is 5.95 Å². The van der Waals surface area contributed by atoms with Gasteiger partial charge in [-0.15, -0.1) is 0 Å². The summed E-state index contributed by atoms with van der Waals surface area (Å²) in [6, 6.07) is 5.99. The Hall–Kier alpha value is -4.05. The maximum absolute atomic E-state index is 5.58. The Morgan fingerprint density at radius 2 is 1.79 bits per heavy atom. The zero-order valence-corrected chi connectivity index (χ0v) is 23.5. The molecule has 6 rings (SSSR count). The maximum Gasteiger partial charge on any atom is 0.206 e. The van der Waals surface area contributed by atoms with Crippen LogP contribution in [0.3, 0.4) is 0 Å². The average Bonchev–Trinajstić information content (AvgIpc) is 3.54. The molecule has 6 heterocycles. The third kappa shape index (κ3) is 4.28. The van der Waals surface area contributed by atoms with Gasteiger partial charge in [-0.05, 0) is 31.5 Å². The van der Waals surface area contributed by atoms with Crippen molar-refractivity contribution in [2.75, 3.05) is 44.7 Å². The molecule has 0 radical (unpaired) electrons. The van der Waals surface area contributed by atoms with E-state index >= 15 is 0 Å². The molecule has 5 aromatic heterocycles. The summed E-state index contributed by atoms with van der Waals surface area (Å²) >= 11 is 0. The fourth-order valence-corrected chi connectivity index (χ4v) is 5.49. The zero-order chi connectivity index (χ0) is 27.3. The standard InChI is InChI=1S/C29H35N9O/c1-7-36-10-12-37(13-11-36)29-34-28-24(35(29)5)15-26(33-27(28)18(2)3)38-23-14-22(32-19(4)20(23)17-31-38)21-16-30-9-8-25(21)39-6/h8-9,14-18H,7,10-13H2,1-6H3. The molecule has 0 bridgehead atoms. The van der Waals surface area contributed by atoms with Crippen molar-refractivity contribution in [3.05, 3.63) is 48.2 Å². The predicted octanol–water partition coefficient (Wildman–Crippen LogP) is 4.35. The van der Waals surface area contributed by atoms with Crippen LogP contribution in [-0.2, 0) is 7.05 Å². The van der Waals surface area contributed by atoms with Gasteiger partial charge < -0.3 is 19.1 Å². The molecule has 202 valence electrons. The van der Waals surface area contributed by atoms with Crippen molar-refractivity contribution in [2.24, 2.45) is 7.05 Å². The first-order chi connectivity index (χ1) is 18.9. The van der Waals surface area contributed by atoms with Crippen LogP contribution in [-0.4, -0.2) is 79.0 Å². The molecule has 5 aromatic rings. The number of hydrogen-bond acceptors (Lipinski definition) is 8. The molecule has 1 fully saturated rings. The number of nitrogens with zero attached hydrogens (tertiary/aromatic N) is 9. The predicted molar refractivity (Wildman–Crippen MR) is 154 cm³/mol. The van der Waals surface area contributed by atoms with E-state index in [4.69, 9.17) is 24.8 Å². The summed E-state index contributed by atoms with van der Waals surface area (Å²) in [5, 5.41) is 5.76. The molecular formula is C29H35N9O. The molecule has 0 atom stereocenters. The number of aryl methyl sites for hydroxylation is 2. The fourth-order valence-electron chi connectivity index (χ4n) is 5.49. The van der Waals surface area contributed by atoms with Crippen LogP contribution in [0.15, 0.2) is 36.8 Å². The molecule has 0 saturated carbocycles. The Balaban J connectivity index is 1.50. The van der Waals surface area contributed by atoms with Gasteiger partial charge >= 0.3 is 0 Å². The Morgan fingerprint density at radius 1 is 1.00 bits per heavy atom. The van der Waals surface area contributed by atoms with Crippen LogP contribution in [0.2, 0.25) is 0 Å². The number of aromatic nitrogens is 7. The second kappa shape index (κ2) is 9.92. The summed E-state index contributed by atoms with van der Waals surface area (Å²) in [5.74, 6) is 2.69. The maximum atomic E-state index is 5.58. The summed E-state index contributed by atoms with van der Waals surface area (Å²) in [5.41, 5.74) is 6.43. The van der Waals surface area contributed by atoms with E-state index < -0.39 is 0 Å². The summed E-state index contributed by atoms with van der Waals surface area (Å²) in [6.07, 6.45) is 5.37. The molecular weight excluding hydrogens is 490 g/mol. The van der Waals surface area contributed by atoms with Crippen molar-refractivity contribution in [2.45, 2.75) is 33.6 Å². The lowest BCUT2D eigenvalue weighted by atomic mass is 10.1. The molecule has 10 heteroatoms. The largest absolute Gasteiger partial charge is 0.496 e. The Bertz CT molecular complexity index is 1660. The minimum atomic E-state index is 0.201. The summed E-state index contributed by atoms with van der Waals surface area (Å²) in [6.45, 7) is 13.7. The number of rotatable bonds is 6. The van der Waals surface area contributed by atoms with E-state index in [0.717, 1.165) is 94.8 Å². The van der Waals surface area contributed by atoms with Crippen molar-refractivity contribution in [1.82, 2.24) is 39.2 Å². The average molecular weight is 526 g/mol. The molecule has 0 spiro atoms. The van der Waals surface area contributed by atoms with Crippen molar-refractivity contribution in [3.8, 4) is 22.8 Å². The molecule has 39 heavy (non-hydrogen) atoms. The first-order valence-electron chi connectivity index (χ1n) is 13.6. The first-order valence-corrected chi connectivity index (χ1v) is 13.6. The van der Waals surface area contributed by atoms with Crippen molar-refractivity contribution in [3.63, 3.8) is 0 Å². The summed E-state index contributed by atoms with van der Waals surface area (Å²) < 4.78 is 9.70. The Kier molecular flexibility index (Phi) is 6.42. The number of likely N-dealkylation sites (N-methyl/N-ethyl adjacent to an activating group) is 1. The van der Waals surface area contributed by atoms with Crippen molar-refractivity contribution in [1.29, 1.82) is 0 Å². The first kappa shape index (κ1) is 25.2.